The fourth-order valence-corrected chi connectivity index (χ4v) is 11.0. The molecular formula is C37H50NO6S2Si+. The highest BCUT2D eigenvalue weighted by Gasteiger charge is 2.72. The van der Waals surface area contributed by atoms with Crippen molar-refractivity contribution in [1.29, 1.82) is 0 Å². The molecule has 4 unspecified atom stereocenters. The third-order valence-corrected chi connectivity index (χ3v) is 17.8. The Morgan fingerprint density at radius 3 is 2.11 bits per heavy atom. The average molecular weight is 697 g/mol. The summed E-state index contributed by atoms with van der Waals surface area (Å²) in [5, 5.41) is 3.96. The van der Waals surface area contributed by atoms with E-state index in [1.54, 1.807) is 22.7 Å². The largest absolute Gasteiger partial charge is 0.465 e. The summed E-state index contributed by atoms with van der Waals surface area (Å²) in [4.78, 5) is 28.4. The number of epoxide rings is 1. The van der Waals surface area contributed by atoms with Gasteiger partial charge in [-0.25, -0.2) is 9.59 Å². The van der Waals surface area contributed by atoms with Gasteiger partial charge in [0.1, 0.15) is 30.4 Å². The van der Waals surface area contributed by atoms with E-state index in [4.69, 9.17) is 18.6 Å². The fourth-order valence-electron chi connectivity index (χ4n) is 7.67. The van der Waals surface area contributed by atoms with Gasteiger partial charge in [-0.1, -0.05) is 39.0 Å². The molecule has 3 aromatic rings. The van der Waals surface area contributed by atoms with Crippen molar-refractivity contribution in [2.45, 2.75) is 114 Å². The summed E-state index contributed by atoms with van der Waals surface area (Å²) in [5.41, 5.74) is 1.73. The van der Waals surface area contributed by atoms with Gasteiger partial charge in [-0.15, -0.1) is 22.7 Å². The number of ether oxygens (including phenoxy) is 3. The molecule has 47 heavy (non-hydrogen) atoms. The van der Waals surface area contributed by atoms with Gasteiger partial charge in [0.05, 0.1) is 36.0 Å². The van der Waals surface area contributed by atoms with Crippen LogP contribution < -0.4 is 0 Å². The highest BCUT2D eigenvalue weighted by molar-refractivity contribution is 7.12. The van der Waals surface area contributed by atoms with Gasteiger partial charge in [0, 0.05) is 12.8 Å². The highest BCUT2D eigenvalue weighted by atomic mass is 32.1. The number of unbranched alkanes of at least 4 members (excludes halogenated alkanes) is 1. The standard InChI is InChI=1S/C37H50NO6S2Si/c1-24-21-26(34(39)41-6)17-16-25(24)13-9-10-18-38(5)28-22-27(23-29(38)33-32(28)43-33)42-35(40)37(30-14-11-19-45-30,31-15-12-20-46-31)44-47(7,8)36(2,3)4/h11-12,14-17,19-21,27-29,32-33H,9-10,13,18,22-23H2,1-8H3/q+1. The summed E-state index contributed by atoms with van der Waals surface area (Å²) >= 11 is 3.13. The number of benzene rings is 1. The number of hydrogen-bond donors (Lipinski definition) is 0. The van der Waals surface area contributed by atoms with E-state index in [0.29, 0.717) is 17.6 Å². The number of carbonyl (C=O) groups is 2. The van der Waals surface area contributed by atoms with Crippen LogP contribution in [0.4, 0.5) is 0 Å². The van der Waals surface area contributed by atoms with Gasteiger partial charge < -0.3 is 23.1 Å². The number of thiophene rings is 2. The van der Waals surface area contributed by atoms with Crippen LogP contribution in [0.1, 0.15) is 77.7 Å². The minimum Gasteiger partial charge on any atom is -0.465 e. The van der Waals surface area contributed by atoms with E-state index in [2.05, 4.69) is 53.9 Å². The van der Waals surface area contributed by atoms with Crippen molar-refractivity contribution in [3.8, 4) is 0 Å². The van der Waals surface area contributed by atoms with Crippen molar-refractivity contribution in [3.63, 3.8) is 0 Å². The molecule has 0 spiro atoms. The van der Waals surface area contributed by atoms with Crippen molar-refractivity contribution >= 4 is 42.9 Å². The molecule has 3 saturated heterocycles. The number of carbonyl (C=O) groups excluding carboxylic acids is 2. The van der Waals surface area contributed by atoms with Crippen molar-refractivity contribution in [3.05, 3.63) is 79.7 Å². The molecule has 1 aromatic carbocycles. The third-order valence-electron chi connectivity index (χ3n) is 11.5. The molecule has 4 atom stereocenters. The second-order valence-electron chi connectivity index (χ2n) is 15.4. The molecular weight excluding hydrogens is 647 g/mol. The van der Waals surface area contributed by atoms with Crippen LogP contribution in [0, 0.1) is 6.92 Å². The predicted octanol–water partition coefficient (Wildman–Crippen LogP) is 7.86. The SMILES string of the molecule is COC(=O)c1ccc(CCCC[N+]2(C)C3CC(OC(=O)C(O[Si](C)(C)C(C)(C)C)(c4cccs4)c4cccs4)CC2C2OC23)c(C)c1. The minimum absolute atomic E-state index is 0.0832. The van der Waals surface area contributed by atoms with Gasteiger partial charge in [0.15, 0.2) is 8.32 Å². The monoisotopic (exact) mass is 696 g/mol. The number of piperidine rings is 1. The molecule has 3 aliphatic rings. The fraction of sp³-hybridized carbons (Fsp3) is 0.568. The molecule has 5 heterocycles. The van der Waals surface area contributed by atoms with Gasteiger partial charge >= 0.3 is 11.9 Å². The predicted molar refractivity (Wildman–Crippen MR) is 190 cm³/mol. The van der Waals surface area contributed by atoms with Crippen molar-refractivity contribution in [2.24, 2.45) is 0 Å². The van der Waals surface area contributed by atoms with E-state index >= 15 is 0 Å². The average Bonchev–Trinajstić information content (AvgIpc) is 3.33. The first-order valence-electron chi connectivity index (χ1n) is 16.9. The first kappa shape index (κ1) is 34.5. The first-order valence-corrected chi connectivity index (χ1v) is 21.6. The van der Waals surface area contributed by atoms with Gasteiger partial charge in [0.2, 0.25) is 5.60 Å². The quantitative estimate of drug-likeness (QED) is 0.0631. The number of esters is 2. The number of likely N-dealkylation sites (N-methyl/N-ethyl adjacent to an activating group) is 1. The van der Waals surface area contributed by atoms with Gasteiger partial charge in [0.25, 0.3) is 0 Å². The Morgan fingerprint density at radius 2 is 1.60 bits per heavy atom. The Labute approximate surface area is 288 Å². The van der Waals surface area contributed by atoms with Crippen LogP contribution in [0.5, 0.6) is 0 Å². The van der Waals surface area contributed by atoms with Crippen LogP contribution >= 0.6 is 22.7 Å². The number of aryl methyl sites for hydroxylation is 2. The molecule has 3 fully saturated rings. The van der Waals surface area contributed by atoms with Crippen LogP contribution in [0.3, 0.4) is 0 Å². The lowest BCUT2D eigenvalue weighted by Gasteiger charge is -2.49. The molecule has 0 radical (unpaired) electrons. The molecule has 254 valence electrons. The Hall–Kier alpha value is -2.34. The number of methoxy groups -OCH3 is 1. The normalized spacial score (nSPS) is 26.9. The van der Waals surface area contributed by atoms with Crippen LogP contribution in [0.15, 0.2) is 53.2 Å². The first-order chi connectivity index (χ1) is 22.2. The molecule has 2 aromatic heterocycles. The number of morpholine rings is 1. The van der Waals surface area contributed by atoms with Crippen LogP contribution in [0.2, 0.25) is 18.1 Å². The van der Waals surface area contributed by atoms with E-state index in [-0.39, 0.29) is 35.3 Å². The van der Waals surface area contributed by atoms with Crippen LogP contribution in [0.25, 0.3) is 0 Å². The second kappa shape index (κ2) is 12.8. The highest BCUT2D eigenvalue weighted by Crippen LogP contribution is 2.54. The Bertz CT molecular complexity index is 1530. The van der Waals surface area contributed by atoms with E-state index < -0.39 is 13.9 Å². The van der Waals surface area contributed by atoms with Crippen molar-refractivity contribution < 1.29 is 32.7 Å². The Balaban J connectivity index is 1.15. The smallest absolute Gasteiger partial charge is 0.348 e. The van der Waals surface area contributed by atoms with E-state index in [9.17, 15) is 9.59 Å². The van der Waals surface area contributed by atoms with Gasteiger partial charge in [-0.3, -0.25) is 0 Å². The maximum atomic E-state index is 14.7. The lowest BCUT2D eigenvalue weighted by molar-refractivity contribution is -0.956. The Morgan fingerprint density at radius 1 is 0.979 bits per heavy atom. The van der Waals surface area contributed by atoms with Crippen molar-refractivity contribution in [1.82, 2.24) is 0 Å². The molecule has 10 heteroatoms. The maximum absolute atomic E-state index is 14.7. The Kier molecular flexibility index (Phi) is 9.43. The molecule has 0 aliphatic carbocycles. The molecule has 3 aliphatic heterocycles. The number of nitrogens with zero attached hydrogens (tertiary/aromatic N) is 1. The summed E-state index contributed by atoms with van der Waals surface area (Å²) < 4.78 is 25.8. The van der Waals surface area contributed by atoms with Crippen molar-refractivity contribution in [2.75, 3.05) is 20.7 Å². The summed E-state index contributed by atoms with van der Waals surface area (Å²) in [7, 11) is 1.39. The van der Waals surface area contributed by atoms with E-state index in [1.807, 2.05) is 47.2 Å². The van der Waals surface area contributed by atoms with Gasteiger partial charge in [-0.05, 0) is 90.5 Å². The topological polar surface area (TPSA) is 74.4 Å². The molecule has 6 rings (SSSR count). The van der Waals surface area contributed by atoms with Gasteiger partial charge in [-0.2, -0.15) is 0 Å². The minimum atomic E-state index is -2.41. The van der Waals surface area contributed by atoms with E-state index in [0.717, 1.165) is 58.4 Å². The lowest BCUT2D eigenvalue weighted by Crippen LogP contribution is -2.63. The molecule has 0 saturated carbocycles. The summed E-state index contributed by atoms with van der Waals surface area (Å²) in [6.45, 7) is 14.2. The number of hydrogen-bond acceptors (Lipinski definition) is 8. The maximum Gasteiger partial charge on any atom is 0.348 e. The zero-order valence-electron chi connectivity index (χ0n) is 29.0. The molecule has 2 bridgehead atoms. The summed E-state index contributed by atoms with van der Waals surface area (Å²) in [5.74, 6) is -0.579. The summed E-state index contributed by atoms with van der Waals surface area (Å²) in [6.07, 6.45) is 5.11. The number of rotatable bonds is 12. The molecule has 7 nitrogen and oxygen atoms in total. The zero-order chi connectivity index (χ0) is 33.8. The third kappa shape index (κ3) is 6.30. The summed E-state index contributed by atoms with van der Waals surface area (Å²) in [6, 6.07) is 14.5. The van der Waals surface area contributed by atoms with Crippen LogP contribution in [-0.4, -0.2) is 75.8 Å². The molecule has 0 amide bonds. The molecule has 0 N–H and O–H groups in total. The van der Waals surface area contributed by atoms with E-state index in [1.165, 1.54) is 12.7 Å². The number of quaternary nitrogens is 1. The zero-order valence-corrected chi connectivity index (χ0v) is 31.7. The number of fused-ring (bicyclic) bond motifs is 5. The lowest BCUT2D eigenvalue weighted by atomic mass is 9.93. The second-order valence-corrected chi connectivity index (χ2v) is 22.0. The van der Waals surface area contributed by atoms with Crippen LogP contribution in [-0.2, 0) is 35.5 Å².